The zero-order chi connectivity index (χ0) is 7.49. The van der Waals surface area contributed by atoms with Crippen LogP contribution in [0, 0.1) is 5.41 Å². The first-order valence-electron chi connectivity index (χ1n) is 3.42. The second-order valence-electron chi connectivity index (χ2n) is 3.20. The van der Waals surface area contributed by atoms with Crippen LogP contribution in [0.25, 0.3) is 0 Å². The quantitative estimate of drug-likeness (QED) is 0.586. The average molecular weight is 130 g/mol. The molecule has 0 spiro atoms. The van der Waals surface area contributed by atoms with Crippen LogP contribution in [0.3, 0.4) is 0 Å². The summed E-state index contributed by atoms with van der Waals surface area (Å²) in [5.41, 5.74) is 5.76. The maximum Gasteiger partial charge on any atom is 0.00989 e. The fourth-order valence-electron chi connectivity index (χ4n) is 0.568. The Morgan fingerprint density at radius 2 is 2.00 bits per heavy atom. The van der Waals surface area contributed by atoms with Crippen molar-refractivity contribution in [2.45, 2.75) is 26.8 Å². The Hall–Kier alpha value is -0.0800. The Morgan fingerprint density at radius 1 is 1.56 bits per heavy atom. The molecule has 0 aromatic carbocycles. The first-order chi connectivity index (χ1) is 4.04. The van der Waals surface area contributed by atoms with Gasteiger partial charge in [-0.3, -0.25) is 0 Å². The molecule has 0 rings (SSSR count). The molecule has 1 unspecified atom stereocenters. The fourth-order valence-corrected chi connectivity index (χ4v) is 0.568. The standard InChI is InChI=1S/C7H18N2/c1-6(9-4)7(2,3)5-8/h6,9H,5,8H2,1-4H3. The third-order valence-electron chi connectivity index (χ3n) is 2.13. The van der Waals surface area contributed by atoms with Gasteiger partial charge in [-0.2, -0.15) is 0 Å². The normalized spacial score (nSPS) is 15.7. The second-order valence-corrected chi connectivity index (χ2v) is 3.20. The number of nitrogens with one attached hydrogen (secondary N) is 1. The van der Waals surface area contributed by atoms with Gasteiger partial charge in [-0.15, -0.1) is 0 Å². The van der Waals surface area contributed by atoms with Crippen LogP contribution in [0.4, 0.5) is 0 Å². The summed E-state index contributed by atoms with van der Waals surface area (Å²) in [6.45, 7) is 7.20. The van der Waals surface area contributed by atoms with E-state index in [0.717, 1.165) is 6.54 Å². The highest BCUT2D eigenvalue weighted by Crippen LogP contribution is 2.17. The van der Waals surface area contributed by atoms with Crippen molar-refractivity contribution in [1.29, 1.82) is 0 Å². The molecule has 3 N–H and O–H groups in total. The minimum atomic E-state index is 0.217. The van der Waals surface area contributed by atoms with E-state index >= 15 is 0 Å². The molecule has 0 bridgehead atoms. The summed E-state index contributed by atoms with van der Waals surface area (Å²) >= 11 is 0. The van der Waals surface area contributed by atoms with Gasteiger partial charge in [0.1, 0.15) is 0 Å². The lowest BCUT2D eigenvalue weighted by Gasteiger charge is -2.29. The Balaban J connectivity index is 3.80. The van der Waals surface area contributed by atoms with Crippen molar-refractivity contribution in [2.75, 3.05) is 13.6 Å². The van der Waals surface area contributed by atoms with Gasteiger partial charge < -0.3 is 11.1 Å². The molecule has 1 atom stereocenters. The van der Waals surface area contributed by atoms with E-state index in [4.69, 9.17) is 5.73 Å². The van der Waals surface area contributed by atoms with Crippen LogP contribution in [0.1, 0.15) is 20.8 Å². The lowest BCUT2D eigenvalue weighted by Crippen LogP contribution is -2.42. The van der Waals surface area contributed by atoms with Crippen molar-refractivity contribution >= 4 is 0 Å². The van der Waals surface area contributed by atoms with Gasteiger partial charge in [0.2, 0.25) is 0 Å². The lowest BCUT2D eigenvalue weighted by atomic mass is 9.86. The molecule has 0 amide bonds. The number of hydrogen-bond acceptors (Lipinski definition) is 2. The van der Waals surface area contributed by atoms with Gasteiger partial charge >= 0.3 is 0 Å². The maximum atomic E-state index is 5.54. The molecule has 0 saturated heterocycles. The highest BCUT2D eigenvalue weighted by molar-refractivity contribution is 4.79. The lowest BCUT2D eigenvalue weighted by molar-refractivity contribution is 0.279. The van der Waals surface area contributed by atoms with E-state index in [1.165, 1.54) is 0 Å². The number of hydrogen-bond donors (Lipinski definition) is 2. The molecule has 0 radical (unpaired) electrons. The zero-order valence-corrected chi connectivity index (χ0v) is 6.86. The third-order valence-corrected chi connectivity index (χ3v) is 2.13. The van der Waals surface area contributed by atoms with Gasteiger partial charge in [0.15, 0.2) is 0 Å². The van der Waals surface area contributed by atoms with Crippen LogP contribution < -0.4 is 11.1 Å². The van der Waals surface area contributed by atoms with E-state index in [-0.39, 0.29) is 5.41 Å². The molecular formula is C7H18N2. The van der Waals surface area contributed by atoms with Crippen molar-refractivity contribution in [3.63, 3.8) is 0 Å². The average Bonchev–Trinajstić information content (AvgIpc) is 1.86. The van der Waals surface area contributed by atoms with Crippen LogP contribution >= 0.6 is 0 Å². The fraction of sp³-hybridized carbons (Fsp3) is 1.00. The summed E-state index contributed by atoms with van der Waals surface area (Å²) in [4.78, 5) is 0. The predicted octanol–water partition coefficient (Wildman–Crippen LogP) is 0.579. The van der Waals surface area contributed by atoms with Crippen LogP contribution in [0.15, 0.2) is 0 Å². The SMILES string of the molecule is CNC(C)C(C)(C)CN. The van der Waals surface area contributed by atoms with E-state index in [9.17, 15) is 0 Å². The minimum Gasteiger partial charge on any atom is -0.330 e. The molecule has 0 saturated carbocycles. The molecule has 0 aromatic rings. The molecule has 0 aromatic heterocycles. The molecule has 9 heavy (non-hydrogen) atoms. The molecule has 0 aliphatic heterocycles. The Labute approximate surface area is 57.8 Å². The highest BCUT2D eigenvalue weighted by Gasteiger charge is 2.21. The van der Waals surface area contributed by atoms with E-state index in [2.05, 4.69) is 26.1 Å². The van der Waals surface area contributed by atoms with Gasteiger partial charge in [-0.05, 0) is 25.9 Å². The molecule has 0 fully saturated rings. The van der Waals surface area contributed by atoms with Crippen molar-refractivity contribution in [1.82, 2.24) is 5.32 Å². The first kappa shape index (κ1) is 8.92. The summed E-state index contributed by atoms with van der Waals surface area (Å²) in [7, 11) is 1.96. The second kappa shape index (κ2) is 3.18. The van der Waals surface area contributed by atoms with Crippen molar-refractivity contribution in [2.24, 2.45) is 11.1 Å². The summed E-state index contributed by atoms with van der Waals surface area (Å²) in [6, 6.07) is 0.488. The molecule has 2 nitrogen and oxygen atoms in total. The van der Waals surface area contributed by atoms with Gasteiger partial charge in [-0.25, -0.2) is 0 Å². The maximum absolute atomic E-state index is 5.54. The molecule has 56 valence electrons. The Bertz CT molecular complexity index is 79.0. The molecule has 0 aliphatic carbocycles. The minimum absolute atomic E-state index is 0.217. The van der Waals surface area contributed by atoms with E-state index < -0.39 is 0 Å². The summed E-state index contributed by atoms with van der Waals surface area (Å²) in [6.07, 6.45) is 0. The van der Waals surface area contributed by atoms with E-state index in [1.54, 1.807) is 0 Å². The van der Waals surface area contributed by atoms with Crippen molar-refractivity contribution in [3.05, 3.63) is 0 Å². The first-order valence-corrected chi connectivity index (χ1v) is 3.42. The van der Waals surface area contributed by atoms with Crippen LogP contribution in [0.5, 0.6) is 0 Å². The summed E-state index contributed by atoms with van der Waals surface area (Å²) in [5.74, 6) is 0. The molecule has 0 heterocycles. The number of rotatable bonds is 3. The number of nitrogens with two attached hydrogens (primary N) is 1. The molecular weight excluding hydrogens is 112 g/mol. The van der Waals surface area contributed by atoms with Crippen molar-refractivity contribution in [3.8, 4) is 0 Å². The van der Waals surface area contributed by atoms with Crippen LogP contribution in [0.2, 0.25) is 0 Å². The van der Waals surface area contributed by atoms with Crippen LogP contribution in [-0.2, 0) is 0 Å². The highest BCUT2D eigenvalue weighted by atomic mass is 14.9. The smallest absolute Gasteiger partial charge is 0.00989 e. The summed E-state index contributed by atoms with van der Waals surface area (Å²) in [5, 5.41) is 3.18. The van der Waals surface area contributed by atoms with Gasteiger partial charge in [0.25, 0.3) is 0 Å². The van der Waals surface area contributed by atoms with Gasteiger partial charge in [0, 0.05) is 6.04 Å². The summed E-state index contributed by atoms with van der Waals surface area (Å²) < 4.78 is 0. The molecule has 0 aliphatic rings. The Kier molecular flexibility index (Phi) is 3.15. The van der Waals surface area contributed by atoms with Gasteiger partial charge in [-0.1, -0.05) is 13.8 Å². The van der Waals surface area contributed by atoms with Crippen LogP contribution in [-0.4, -0.2) is 19.6 Å². The molecule has 2 heteroatoms. The van der Waals surface area contributed by atoms with E-state index in [0.29, 0.717) is 6.04 Å². The Morgan fingerprint density at radius 3 is 2.11 bits per heavy atom. The largest absolute Gasteiger partial charge is 0.330 e. The zero-order valence-electron chi connectivity index (χ0n) is 6.86. The topological polar surface area (TPSA) is 38.0 Å². The van der Waals surface area contributed by atoms with Gasteiger partial charge in [0.05, 0.1) is 0 Å². The van der Waals surface area contributed by atoms with Crippen molar-refractivity contribution < 1.29 is 0 Å². The monoisotopic (exact) mass is 130 g/mol. The third kappa shape index (κ3) is 2.33. The van der Waals surface area contributed by atoms with E-state index in [1.807, 2.05) is 7.05 Å². The predicted molar refractivity (Wildman–Crippen MR) is 41.4 cm³/mol.